The normalized spacial score (nSPS) is 18.6. The van der Waals surface area contributed by atoms with Crippen LogP contribution in [-0.4, -0.2) is 75.2 Å². The molecular weight excluding hydrogens is 532 g/mol. The van der Waals surface area contributed by atoms with Gasteiger partial charge in [0.1, 0.15) is 0 Å². The predicted octanol–water partition coefficient (Wildman–Crippen LogP) is 4.24. The lowest BCUT2D eigenvalue weighted by molar-refractivity contribution is 0.198. The van der Waals surface area contributed by atoms with Gasteiger partial charge >= 0.3 is 0 Å². The maximum atomic E-state index is 13.9. The zero-order valence-corrected chi connectivity index (χ0v) is 22.8. The number of hydrogen-bond donors (Lipinski definition) is 2. The van der Waals surface area contributed by atoms with Gasteiger partial charge in [-0.05, 0) is 75.9 Å². The molecule has 2 N–H and O–H groups in total. The number of nitrogens with one attached hydrogen (secondary N) is 2. The Morgan fingerprint density at radius 1 is 1.06 bits per heavy atom. The third-order valence-electron chi connectivity index (χ3n) is 6.67. The van der Waals surface area contributed by atoms with Crippen LogP contribution in [0.2, 0.25) is 0 Å². The molecule has 1 aromatic rings. The number of hydrogen-bond acceptors (Lipinski definition) is 4. The summed E-state index contributed by atoms with van der Waals surface area (Å²) in [5.41, 5.74) is 0.993. The number of likely N-dealkylation sites (tertiary alicyclic amines) is 2. The first kappa shape index (κ1) is 28.1. The van der Waals surface area contributed by atoms with Gasteiger partial charge in [-0.15, -0.1) is 24.0 Å². The molecule has 0 unspecified atom stereocenters. The summed E-state index contributed by atoms with van der Waals surface area (Å²) in [6.45, 7) is 7.60. The molecule has 0 aliphatic carbocycles. The van der Waals surface area contributed by atoms with Crippen molar-refractivity contribution in [2.75, 3.05) is 53.4 Å². The summed E-state index contributed by atoms with van der Waals surface area (Å²) >= 11 is 0. The van der Waals surface area contributed by atoms with Crippen LogP contribution in [0.15, 0.2) is 23.2 Å². The minimum absolute atomic E-state index is 0. The van der Waals surface area contributed by atoms with Crippen LogP contribution in [0, 0.1) is 5.82 Å². The molecule has 0 radical (unpaired) electrons. The van der Waals surface area contributed by atoms with Gasteiger partial charge in [0.2, 0.25) is 0 Å². The van der Waals surface area contributed by atoms with Crippen LogP contribution in [0.5, 0.6) is 5.75 Å². The Bertz CT molecular complexity index is 706. The molecule has 2 saturated heterocycles. The van der Waals surface area contributed by atoms with E-state index < -0.39 is 0 Å². The van der Waals surface area contributed by atoms with Crippen LogP contribution < -0.4 is 15.4 Å². The van der Waals surface area contributed by atoms with Crippen LogP contribution in [0.3, 0.4) is 0 Å². The van der Waals surface area contributed by atoms with E-state index >= 15 is 0 Å². The summed E-state index contributed by atoms with van der Waals surface area (Å²) in [5.74, 6) is 0.928. The molecule has 0 atom stereocenters. The van der Waals surface area contributed by atoms with E-state index in [4.69, 9.17) is 4.74 Å². The van der Waals surface area contributed by atoms with Gasteiger partial charge in [-0.25, -0.2) is 4.39 Å². The number of ether oxygens (including phenoxy) is 1. The second kappa shape index (κ2) is 15.7. The lowest BCUT2D eigenvalue weighted by Gasteiger charge is -2.33. The Morgan fingerprint density at radius 3 is 2.48 bits per heavy atom. The fraction of sp³-hybridized carbons (Fsp3) is 0.720. The number of guanidine groups is 1. The molecule has 8 heteroatoms. The standard InChI is InChI=1S/C25H42FN5O.HI/c1-27-25(28-13-5-3-6-14-30-15-7-4-8-16-30)29-22-11-17-31(18-12-22)20-21-9-10-24(32-2)23(26)19-21;/h9-10,19,22H,3-8,11-18,20H2,1-2H3,(H2,27,28,29);1H. The SMILES string of the molecule is CN=C(NCCCCCN1CCCCC1)NC1CCN(Cc2ccc(OC)c(F)c2)CC1.I. The molecule has 0 bridgehead atoms. The molecule has 1 aromatic carbocycles. The van der Waals surface area contributed by atoms with Gasteiger partial charge in [-0.2, -0.15) is 0 Å². The van der Waals surface area contributed by atoms with Gasteiger partial charge < -0.3 is 20.3 Å². The van der Waals surface area contributed by atoms with Crippen LogP contribution in [0.25, 0.3) is 0 Å². The van der Waals surface area contributed by atoms with Crippen molar-refractivity contribution in [1.82, 2.24) is 20.4 Å². The van der Waals surface area contributed by atoms with E-state index in [0.717, 1.165) is 50.5 Å². The first-order chi connectivity index (χ1) is 15.7. The van der Waals surface area contributed by atoms with Crippen LogP contribution in [0.1, 0.15) is 56.9 Å². The van der Waals surface area contributed by atoms with E-state index in [-0.39, 0.29) is 29.8 Å². The Morgan fingerprint density at radius 2 is 1.82 bits per heavy atom. The van der Waals surface area contributed by atoms with Crippen LogP contribution in [-0.2, 0) is 6.54 Å². The molecule has 0 saturated carbocycles. The number of aliphatic imine (C=N–C) groups is 1. The van der Waals surface area contributed by atoms with Crippen molar-refractivity contribution in [3.05, 3.63) is 29.6 Å². The minimum Gasteiger partial charge on any atom is -0.494 e. The highest BCUT2D eigenvalue weighted by molar-refractivity contribution is 14.0. The Kier molecular flexibility index (Phi) is 13.4. The largest absolute Gasteiger partial charge is 0.494 e. The van der Waals surface area contributed by atoms with Gasteiger partial charge in [0.15, 0.2) is 17.5 Å². The smallest absolute Gasteiger partial charge is 0.191 e. The molecule has 2 aliphatic heterocycles. The van der Waals surface area contributed by atoms with Gasteiger partial charge in [0.05, 0.1) is 7.11 Å². The van der Waals surface area contributed by atoms with E-state index in [1.54, 1.807) is 12.1 Å². The van der Waals surface area contributed by atoms with Crippen molar-refractivity contribution in [1.29, 1.82) is 0 Å². The topological polar surface area (TPSA) is 52.1 Å². The van der Waals surface area contributed by atoms with Crippen molar-refractivity contribution in [3.63, 3.8) is 0 Å². The zero-order valence-electron chi connectivity index (χ0n) is 20.5. The number of rotatable bonds is 10. The monoisotopic (exact) mass is 575 g/mol. The Hall–Kier alpha value is -1.13. The van der Waals surface area contributed by atoms with Crippen molar-refractivity contribution < 1.29 is 9.13 Å². The van der Waals surface area contributed by atoms with Crippen LogP contribution >= 0.6 is 24.0 Å². The van der Waals surface area contributed by atoms with Gasteiger partial charge in [-0.1, -0.05) is 18.9 Å². The number of benzene rings is 1. The summed E-state index contributed by atoms with van der Waals surface area (Å²) in [4.78, 5) is 9.41. The Labute approximate surface area is 216 Å². The molecule has 2 aliphatic rings. The third-order valence-corrected chi connectivity index (χ3v) is 6.67. The molecule has 2 heterocycles. The quantitative estimate of drug-likeness (QED) is 0.189. The van der Waals surface area contributed by atoms with Crippen LogP contribution in [0.4, 0.5) is 4.39 Å². The highest BCUT2D eigenvalue weighted by atomic mass is 127. The fourth-order valence-electron chi connectivity index (χ4n) is 4.72. The maximum absolute atomic E-state index is 13.9. The maximum Gasteiger partial charge on any atom is 0.191 e. The summed E-state index contributed by atoms with van der Waals surface area (Å²) < 4.78 is 18.9. The van der Waals surface area contributed by atoms with Crippen molar-refractivity contribution >= 4 is 29.9 Å². The van der Waals surface area contributed by atoms with E-state index in [1.807, 2.05) is 13.1 Å². The zero-order chi connectivity index (χ0) is 22.6. The first-order valence-corrected chi connectivity index (χ1v) is 12.4. The number of methoxy groups -OCH3 is 1. The minimum atomic E-state index is -0.289. The van der Waals surface area contributed by atoms with E-state index in [9.17, 15) is 4.39 Å². The number of nitrogens with zero attached hydrogens (tertiary/aromatic N) is 3. The highest BCUT2D eigenvalue weighted by Gasteiger charge is 2.20. The summed E-state index contributed by atoms with van der Waals surface area (Å²) in [7, 11) is 3.34. The summed E-state index contributed by atoms with van der Waals surface area (Å²) in [6.07, 6.45) is 10.0. The fourth-order valence-corrected chi connectivity index (χ4v) is 4.72. The molecular formula is C25H43FIN5O. The first-order valence-electron chi connectivity index (χ1n) is 12.4. The highest BCUT2D eigenvalue weighted by Crippen LogP contribution is 2.20. The lowest BCUT2D eigenvalue weighted by atomic mass is 10.0. The van der Waals surface area contributed by atoms with Gasteiger partial charge in [0.25, 0.3) is 0 Å². The number of halogens is 2. The average molecular weight is 576 g/mol. The van der Waals surface area contributed by atoms with E-state index in [2.05, 4.69) is 25.4 Å². The summed E-state index contributed by atoms with van der Waals surface area (Å²) in [6, 6.07) is 5.68. The van der Waals surface area contributed by atoms with Gasteiger partial charge in [-0.3, -0.25) is 9.89 Å². The molecule has 6 nitrogen and oxygen atoms in total. The number of unbranched alkanes of at least 4 members (excludes halogenated alkanes) is 2. The molecule has 0 aromatic heterocycles. The molecule has 188 valence electrons. The van der Waals surface area contributed by atoms with Crippen molar-refractivity contribution in [2.24, 2.45) is 4.99 Å². The molecule has 2 fully saturated rings. The molecule has 33 heavy (non-hydrogen) atoms. The van der Waals surface area contributed by atoms with E-state index in [0.29, 0.717) is 11.8 Å². The lowest BCUT2D eigenvalue weighted by Crippen LogP contribution is -2.48. The summed E-state index contributed by atoms with van der Waals surface area (Å²) in [5, 5.41) is 7.07. The predicted molar refractivity (Wildman–Crippen MR) is 145 cm³/mol. The Balaban J connectivity index is 0.00000385. The number of piperidine rings is 2. The van der Waals surface area contributed by atoms with Crippen molar-refractivity contribution in [3.8, 4) is 5.75 Å². The molecule has 0 amide bonds. The van der Waals surface area contributed by atoms with Crippen molar-refractivity contribution in [2.45, 2.75) is 64.0 Å². The van der Waals surface area contributed by atoms with E-state index in [1.165, 1.54) is 65.3 Å². The molecule has 3 rings (SSSR count). The second-order valence-corrected chi connectivity index (χ2v) is 9.13. The average Bonchev–Trinajstić information content (AvgIpc) is 2.82. The van der Waals surface area contributed by atoms with Gasteiger partial charge in [0, 0.05) is 39.3 Å². The second-order valence-electron chi connectivity index (χ2n) is 9.13. The molecule has 0 spiro atoms. The third kappa shape index (κ3) is 9.94.